The van der Waals surface area contributed by atoms with Gasteiger partial charge in [0.1, 0.15) is 5.76 Å². The van der Waals surface area contributed by atoms with Crippen LogP contribution >= 0.6 is 0 Å². The average molecular weight is 272 g/mol. The first-order valence-corrected chi connectivity index (χ1v) is 6.98. The van der Waals surface area contributed by atoms with Gasteiger partial charge in [-0.3, -0.25) is 4.79 Å². The smallest absolute Gasteiger partial charge is 0.232 e. The van der Waals surface area contributed by atoms with Gasteiger partial charge in [0.2, 0.25) is 5.91 Å². The van der Waals surface area contributed by atoms with Crippen LogP contribution in [0, 0.1) is 6.92 Å². The van der Waals surface area contributed by atoms with E-state index in [9.17, 15) is 4.79 Å². The maximum absolute atomic E-state index is 11.8. The number of rotatable bonds is 6. The van der Waals surface area contributed by atoms with Gasteiger partial charge in [-0.25, -0.2) is 0 Å². The van der Waals surface area contributed by atoms with Crippen LogP contribution < -0.4 is 5.32 Å². The van der Waals surface area contributed by atoms with E-state index < -0.39 is 0 Å². The molecule has 2 aromatic rings. The van der Waals surface area contributed by atoms with Gasteiger partial charge in [0.25, 0.3) is 0 Å². The summed E-state index contributed by atoms with van der Waals surface area (Å²) in [7, 11) is 0. The van der Waals surface area contributed by atoms with Crippen LogP contribution in [0.1, 0.15) is 36.8 Å². The molecule has 0 saturated heterocycles. The molecule has 0 bridgehead atoms. The van der Waals surface area contributed by atoms with Crippen LogP contribution in [-0.2, 0) is 17.6 Å². The number of aryl methyl sites for hydroxylation is 2. The molecule has 0 saturated carbocycles. The van der Waals surface area contributed by atoms with Crippen molar-refractivity contribution >= 4 is 11.6 Å². The molecule has 0 radical (unpaired) electrons. The largest absolute Gasteiger partial charge is 0.361 e. The number of carbonyl (C=O) groups excluding carboxylic acids is 1. The molecular formula is C16H20N2O2. The number of unbranched alkanes of at least 4 members (excludes halogenated alkanes) is 1. The molecule has 0 aliphatic rings. The minimum Gasteiger partial charge on any atom is -0.361 e. The van der Waals surface area contributed by atoms with Crippen LogP contribution in [0.25, 0.3) is 0 Å². The number of amides is 1. The van der Waals surface area contributed by atoms with Crippen molar-refractivity contribution in [1.29, 1.82) is 0 Å². The third-order valence-corrected chi connectivity index (χ3v) is 3.07. The molecule has 20 heavy (non-hydrogen) atoms. The topological polar surface area (TPSA) is 55.1 Å². The highest BCUT2D eigenvalue weighted by Gasteiger charge is 2.08. The van der Waals surface area contributed by atoms with Crippen LogP contribution in [0.3, 0.4) is 0 Å². The van der Waals surface area contributed by atoms with Crippen molar-refractivity contribution in [3.8, 4) is 0 Å². The maximum atomic E-state index is 11.8. The Morgan fingerprint density at radius 1 is 1.30 bits per heavy atom. The van der Waals surface area contributed by atoms with Crippen LogP contribution in [0.15, 0.2) is 34.9 Å². The molecule has 1 aromatic heterocycles. The van der Waals surface area contributed by atoms with E-state index in [1.807, 2.05) is 19.1 Å². The molecule has 4 heteroatoms. The Kier molecular flexibility index (Phi) is 4.93. The van der Waals surface area contributed by atoms with Crippen molar-refractivity contribution < 1.29 is 9.32 Å². The van der Waals surface area contributed by atoms with Gasteiger partial charge in [0.15, 0.2) is 0 Å². The molecule has 1 amide bonds. The molecule has 1 aromatic carbocycles. The average Bonchev–Trinajstić information content (AvgIpc) is 2.83. The molecule has 0 fully saturated rings. The number of benzene rings is 1. The predicted octanol–water partition coefficient (Wildman–Crippen LogP) is 3.51. The van der Waals surface area contributed by atoms with Gasteiger partial charge in [-0.1, -0.05) is 30.6 Å². The molecule has 4 nitrogen and oxygen atoms in total. The Morgan fingerprint density at radius 2 is 2.05 bits per heavy atom. The van der Waals surface area contributed by atoms with Crippen molar-refractivity contribution in [3.05, 3.63) is 47.3 Å². The van der Waals surface area contributed by atoms with E-state index >= 15 is 0 Å². The lowest BCUT2D eigenvalue weighted by Crippen LogP contribution is -2.13. The van der Waals surface area contributed by atoms with E-state index in [4.69, 9.17) is 4.52 Å². The summed E-state index contributed by atoms with van der Waals surface area (Å²) in [5, 5.41) is 6.62. The van der Waals surface area contributed by atoms with Crippen molar-refractivity contribution in [2.45, 2.75) is 39.5 Å². The molecule has 0 aliphatic heterocycles. The molecule has 106 valence electrons. The van der Waals surface area contributed by atoms with E-state index in [-0.39, 0.29) is 12.3 Å². The number of anilines is 1. The summed E-state index contributed by atoms with van der Waals surface area (Å²) in [6, 6.07) is 9.77. The van der Waals surface area contributed by atoms with E-state index in [2.05, 4.69) is 29.5 Å². The third-order valence-electron chi connectivity index (χ3n) is 3.07. The molecular weight excluding hydrogens is 252 g/mol. The fourth-order valence-electron chi connectivity index (χ4n) is 2.00. The summed E-state index contributed by atoms with van der Waals surface area (Å²) in [6.45, 7) is 4.01. The fraction of sp³-hybridized carbons (Fsp3) is 0.375. The van der Waals surface area contributed by atoms with Crippen LogP contribution in [0.4, 0.5) is 5.69 Å². The van der Waals surface area contributed by atoms with Gasteiger partial charge in [-0.05, 0) is 37.5 Å². The number of nitrogens with zero attached hydrogens (tertiary/aromatic N) is 1. The van der Waals surface area contributed by atoms with Gasteiger partial charge < -0.3 is 9.84 Å². The molecule has 0 atom stereocenters. The first-order chi connectivity index (χ1) is 9.67. The summed E-state index contributed by atoms with van der Waals surface area (Å²) >= 11 is 0. The van der Waals surface area contributed by atoms with Gasteiger partial charge in [0.05, 0.1) is 12.1 Å². The molecule has 1 heterocycles. The van der Waals surface area contributed by atoms with Crippen LogP contribution in [0.2, 0.25) is 0 Å². The van der Waals surface area contributed by atoms with Gasteiger partial charge in [0, 0.05) is 11.8 Å². The van der Waals surface area contributed by atoms with E-state index in [0.717, 1.165) is 17.8 Å². The molecule has 0 spiro atoms. The number of nitrogens with one attached hydrogen (secondary N) is 1. The number of hydrogen-bond donors (Lipinski definition) is 1. The first kappa shape index (κ1) is 14.3. The quantitative estimate of drug-likeness (QED) is 0.875. The maximum Gasteiger partial charge on any atom is 0.232 e. The Hall–Kier alpha value is -2.10. The van der Waals surface area contributed by atoms with Crippen molar-refractivity contribution in [2.75, 3.05) is 5.32 Å². The summed E-state index contributed by atoms with van der Waals surface area (Å²) in [4.78, 5) is 11.8. The van der Waals surface area contributed by atoms with Crippen LogP contribution in [-0.4, -0.2) is 11.1 Å². The highest BCUT2D eigenvalue weighted by Crippen LogP contribution is 2.12. The van der Waals surface area contributed by atoms with Crippen molar-refractivity contribution in [1.82, 2.24) is 5.16 Å². The van der Waals surface area contributed by atoms with Crippen LogP contribution in [0.5, 0.6) is 0 Å². The normalized spacial score (nSPS) is 10.5. The number of carbonyl (C=O) groups is 1. The lowest BCUT2D eigenvalue weighted by Gasteiger charge is -2.05. The summed E-state index contributed by atoms with van der Waals surface area (Å²) in [5.41, 5.74) is 2.90. The lowest BCUT2D eigenvalue weighted by atomic mass is 10.1. The Balaban J connectivity index is 1.87. The summed E-state index contributed by atoms with van der Waals surface area (Å²) < 4.78 is 5.03. The van der Waals surface area contributed by atoms with Gasteiger partial charge in [-0.2, -0.15) is 0 Å². The summed E-state index contributed by atoms with van der Waals surface area (Å²) in [6.07, 6.45) is 3.67. The van der Waals surface area contributed by atoms with E-state index in [1.54, 1.807) is 6.07 Å². The zero-order valence-electron chi connectivity index (χ0n) is 12.0. The minimum absolute atomic E-state index is 0.0949. The molecule has 0 unspecified atom stereocenters. The highest BCUT2D eigenvalue weighted by molar-refractivity contribution is 5.91. The van der Waals surface area contributed by atoms with Crippen molar-refractivity contribution in [3.63, 3.8) is 0 Å². The second-order valence-electron chi connectivity index (χ2n) is 4.96. The number of hydrogen-bond acceptors (Lipinski definition) is 3. The van der Waals surface area contributed by atoms with Gasteiger partial charge >= 0.3 is 0 Å². The monoisotopic (exact) mass is 272 g/mol. The zero-order valence-corrected chi connectivity index (χ0v) is 12.0. The Bertz CT molecular complexity index is 558. The fourth-order valence-corrected chi connectivity index (χ4v) is 2.00. The summed E-state index contributed by atoms with van der Waals surface area (Å²) in [5.74, 6) is 0.488. The van der Waals surface area contributed by atoms with Gasteiger partial charge in [-0.15, -0.1) is 0 Å². The Labute approximate surface area is 119 Å². The number of aromatic nitrogens is 1. The Morgan fingerprint density at radius 3 is 2.65 bits per heavy atom. The molecule has 1 N–H and O–H groups in total. The van der Waals surface area contributed by atoms with E-state index in [1.165, 1.54) is 18.4 Å². The predicted molar refractivity (Wildman–Crippen MR) is 78.6 cm³/mol. The first-order valence-electron chi connectivity index (χ1n) is 6.98. The second-order valence-corrected chi connectivity index (χ2v) is 4.96. The lowest BCUT2D eigenvalue weighted by molar-refractivity contribution is -0.115. The second kappa shape index (κ2) is 6.89. The SMILES string of the molecule is CCCCc1ccc(NC(=O)Cc2cc(C)no2)cc1. The highest BCUT2D eigenvalue weighted by atomic mass is 16.5. The zero-order chi connectivity index (χ0) is 14.4. The third kappa shape index (κ3) is 4.23. The van der Waals surface area contributed by atoms with E-state index in [0.29, 0.717) is 5.76 Å². The minimum atomic E-state index is -0.0949. The van der Waals surface area contributed by atoms with Crippen molar-refractivity contribution in [2.24, 2.45) is 0 Å². The standard InChI is InChI=1S/C16H20N2O2/c1-3-4-5-13-6-8-14(9-7-13)17-16(19)11-15-10-12(2)18-20-15/h6-10H,3-5,11H2,1-2H3,(H,17,19). The molecule has 2 rings (SSSR count). The molecule has 0 aliphatic carbocycles.